The average molecular weight is 271 g/mol. The summed E-state index contributed by atoms with van der Waals surface area (Å²) in [6, 6.07) is 6.18. The summed E-state index contributed by atoms with van der Waals surface area (Å²) in [7, 11) is 0. The molecular weight excluding hydrogens is 256 g/mol. The van der Waals surface area contributed by atoms with Crippen molar-refractivity contribution in [3.05, 3.63) is 28.2 Å². The van der Waals surface area contributed by atoms with Crippen molar-refractivity contribution >= 4 is 15.9 Å². The highest BCUT2D eigenvalue weighted by molar-refractivity contribution is 9.10. The summed E-state index contributed by atoms with van der Waals surface area (Å²) < 4.78 is 12.3. The standard InChI is InChI=1S/C12H15BrO2/c1-2-14-6-5-11-8-9-7-10(13)3-4-12(9)15-11/h3-4,7,11H,2,5-6,8H2,1H3. The van der Waals surface area contributed by atoms with Gasteiger partial charge in [-0.2, -0.15) is 0 Å². The highest BCUT2D eigenvalue weighted by atomic mass is 79.9. The van der Waals surface area contributed by atoms with Crippen LogP contribution in [-0.4, -0.2) is 19.3 Å². The summed E-state index contributed by atoms with van der Waals surface area (Å²) >= 11 is 3.47. The topological polar surface area (TPSA) is 18.5 Å². The summed E-state index contributed by atoms with van der Waals surface area (Å²) in [6.45, 7) is 3.59. The molecule has 1 aliphatic heterocycles. The third-order valence-electron chi connectivity index (χ3n) is 2.55. The van der Waals surface area contributed by atoms with Crippen molar-refractivity contribution in [2.45, 2.75) is 25.9 Å². The van der Waals surface area contributed by atoms with Gasteiger partial charge in [-0.1, -0.05) is 15.9 Å². The molecule has 0 fully saturated rings. The summed E-state index contributed by atoms with van der Waals surface area (Å²) in [6.07, 6.45) is 2.27. The van der Waals surface area contributed by atoms with Gasteiger partial charge in [0.25, 0.3) is 0 Å². The second kappa shape index (κ2) is 4.99. The lowest BCUT2D eigenvalue weighted by atomic mass is 10.1. The first-order chi connectivity index (χ1) is 7.29. The van der Waals surface area contributed by atoms with Crippen LogP contribution in [0.1, 0.15) is 18.9 Å². The van der Waals surface area contributed by atoms with E-state index >= 15 is 0 Å². The van der Waals surface area contributed by atoms with Crippen LogP contribution in [0, 0.1) is 0 Å². The fourth-order valence-corrected chi connectivity index (χ4v) is 2.22. The molecule has 1 aromatic rings. The van der Waals surface area contributed by atoms with E-state index in [2.05, 4.69) is 22.0 Å². The maximum absolute atomic E-state index is 5.81. The lowest BCUT2D eigenvalue weighted by Gasteiger charge is -2.09. The van der Waals surface area contributed by atoms with Crippen LogP contribution in [0.25, 0.3) is 0 Å². The summed E-state index contributed by atoms with van der Waals surface area (Å²) in [5, 5.41) is 0. The van der Waals surface area contributed by atoms with Gasteiger partial charge in [0.2, 0.25) is 0 Å². The van der Waals surface area contributed by atoms with Crippen LogP contribution in [0.4, 0.5) is 0 Å². The van der Waals surface area contributed by atoms with E-state index in [1.165, 1.54) is 5.56 Å². The molecule has 0 N–H and O–H groups in total. The van der Waals surface area contributed by atoms with E-state index in [1.54, 1.807) is 0 Å². The number of ether oxygens (including phenoxy) is 2. The fourth-order valence-electron chi connectivity index (χ4n) is 1.81. The largest absolute Gasteiger partial charge is 0.490 e. The molecule has 1 atom stereocenters. The van der Waals surface area contributed by atoms with Crippen molar-refractivity contribution in [1.82, 2.24) is 0 Å². The summed E-state index contributed by atoms with van der Waals surface area (Å²) in [4.78, 5) is 0. The lowest BCUT2D eigenvalue weighted by molar-refractivity contribution is 0.108. The predicted molar refractivity (Wildman–Crippen MR) is 63.4 cm³/mol. The van der Waals surface area contributed by atoms with Gasteiger partial charge in [0.1, 0.15) is 11.9 Å². The van der Waals surface area contributed by atoms with E-state index in [0.717, 1.165) is 36.3 Å². The van der Waals surface area contributed by atoms with E-state index in [1.807, 2.05) is 19.1 Å². The molecule has 0 saturated heterocycles. The Bertz CT molecular complexity index is 338. The van der Waals surface area contributed by atoms with Gasteiger partial charge in [0, 0.05) is 23.9 Å². The van der Waals surface area contributed by atoms with Crippen LogP contribution in [0.15, 0.2) is 22.7 Å². The minimum absolute atomic E-state index is 0.292. The van der Waals surface area contributed by atoms with Crippen molar-refractivity contribution < 1.29 is 9.47 Å². The van der Waals surface area contributed by atoms with Gasteiger partial charge in [0.15, 0.2) is 0 Å². The molecule has 0 amide bonds. The van der Waals surface area contributed by atoms with E-state index < -0.39 is 0 Å². The summed E-state index contributed by atoms with van der Waals surface area (Å²) in [5.41, 5.74) is 1.30. The molecule has 1 heterocycles. The third kappa shape index (κ3) is 2.73. The molecule has 0 aromatic heterocycles. The van der Waals surface area contributed by atoms with Crippen molar-refractivity contribution in [1.29, 1.82) is 0 Å². The first-order valence-electron chi connectivity index (χ1n) is 5.32. The van der Waals surface area contributed by atoms with Crippen molar-refractivity contribution in [2.24, 2.45) is 0 Å². The van der Waals surface area contributed by atoms with Gasteiger partial charge in [-0.05, 0) is 30.7 Å². The van der Waals surface area contributed by atoms with Gasteiger partial charge in [0.05, 0.1) is 6.61 Å². The molecule has 2 rings (SSSR count). The number of rotatable bonds is 4. The zero-order valence-corrected chi connectivity index (χ0v) is 10.4. The molecule has 2 nitrogen and oxygen atoms in total. The highest BCUT2D eigenvalue weighted by Gasteiger charge is 2.22. The van der Waals surface area contributed by atoms with Gasteiger partial charge in [-0.3, -0.25) is 0 Å². The van der Waals surface area contributed by atoms with Crippen molar-refractivity contribution in [3.63, 3.8) is 0 Å². The first kappa shape index (κ1) is 11.0. The zero-order chi connectivity index (χ0) is 10.7. The number of halogens is 1. The number of hydrogen-bond donors (Lipinski definition) is 0. The van der Waals surface area contributed by atoms with Gasteiger partial charge >= 0.3 is 0 Å². The normalized spacial score (nSPS) is 18.7. The Morgan fingerprint density at radius 3 is 3.20 bits per heavy atom. The molecule has 0 radical (unpaired) electrons. The molecule has 0 saturated carbocycles. The minimum Gasteiger partial charge on any atom is -0.490 e. The predicted octanol–water partition coefficient (Wildman–Crippen LogP) is 3.18. The lowest BCUT2D eigenvalue weighted by Crippen LogP contribution is -2.15. The van der Waals surface area contributed by atoms with E-state index in [0.29, 0.717) is 6.10 Å². The average Bonchev–Trinajstić information content (AvgIpc) is 2.60. The van der Waals surface area contributed by atoms with Crippen LogP contribution >= 0.6 is 15.9 Å². The van der Waals surface area contributed by atoms with E-state index in [4.69, 9.17) is 9.47 Å². The monoisotopic (exact) mass is 270 g/mol. The molecule has 1 aliphatic rings. The van der Waals surface area contributed by atoms with Gasteiger partial charge in [-0.15, -0.1) is 0 Å². The Balaban J connectivity index is 1.91. The molecule has 0 aliphatic carbocycles. The number of benzene rings is 1. The maximum atomic E-state index is 5.81. The molecule has 15 heavy (non-hydrogen) atoms. The molecular formula is C12H15BrO2. The first-order valence-corrected chi connectivity index (χ1v) is 6.11. The molecule has 1 unspecified atom stereocenters. The molecule has 0 spiro atoms. The van der Waals surface area contributed by atoms with Crippen LogP contribution in [0.5, 0.6) is 5.75 Å². The van der Waals surface area contributed by atoms with Gasteiger partial charge in [-0.25, -0.2) is 0 Å². The van der Waals surface area contributed by atoms with Crippen LogP contribution in [-0.2, 0) is 11.2 Å². The molecule has 3 heteroatoms. The summed E-state index contributed by atoms with van der Waals surface area (Å²) in [5.74, 6) is 1.03. The Morgan fingerprint density at radius 2 is 2.40 bits per heavy atom. The third-order valence-corrected chi connectivity index (χ3v) is 3.05. The fraction of sp³-hybridized carbons (Fsp3) is 0.500. The Kier molecular flexibility index (Phi) is 3.65. The number of fused-ring (bicyclic) bond motifs is 1. The van der Waals surface area contributed by atoms with E-state index in [9.17, 15) is 0 Å². The minimum atomic E-state index is 0.292. The van der Waals surface area contributed by atoms with Crippen LogP contribution < -0.4 is 4.74 Å². The Morgan fingerprint density at radius 1 is 1.53 bits per heavy atom. The smallest absolute Gasteiger partial charge is 0.123 e. The molecule has 1 aromatic carbocycles. The highest BCUT2D eigenvalue weighted by Crippen LogP contribution is 2.32. The zero-order valence-electron chi connectivity index (χ0n) is 8.83. The van der Waals surface area contributed by atoms with Crippen LogP contribution in [0.3, 0.4) is 0 Å². The second-order valence-corrected chi connectivity index (χ2v) is 4.60. The molecule has 82 valence electrons. The molecule has 0 bridgehead atoms. The maximum Gasteiger partial charge on any atom is 0.123 e. The van der Waals surface area contributed by atoms with E-state index in [-0.39, 0.29) is 0 Å². The quantitative estimate of drug-likeness (QED) is 0.783. The second-order valence-electron chi connectivity index (χ2n) is 3.68. The van der Waals surface area contributed by atoms with Crippen LogP contribution in [0.2, 0.25) is 0 Å². The van der Waals surface area contributed by atoms with Crippen molar-refractivity contribution in [2.75, 3.05) is 13.2 Å². The SMILES string of the molecule is CCOCCC1Cc2cc(Br)ccc2O1. The Labute approximate surface area is 98.7 Å². The van der Waals surface area contributed by atoms with Crippen molar-refractivity contribution in [3.8, 4) is 5.75 Å². The number of hydrogen-bond acceptors (Lipinski definition) is 2. The van der Waals surface area contributed by atoms with Gasteiger partial charge < -0.3 is 9.47 Å². The Hall–Kier alpha value is -0.540.